The molecule has 2 N–H and O–H groups in total. The number of hydrogen-bond donors (Lipinski definition) is 2. The fourth-order valence-corrected chi connectivity index (χ4v) is 3.69. The zero-order valence-electron chi connectivity index (χ0n) is 16.5. The Balaban J connectivity index is 0.00000300. The van der Waals surface area contributed by atoms with Crippen molar-refractivity contribution in [3.8, 4) is 0 Å². The number of hydrogen-bond acceptors (Lipinski definition) is 4. The van der Waals surface area contributed by atoms with Crippen LogP contribution in [0.3, 0.4) is 0 Å². The summed E-state index contributed by atoms with van der Waals surface area (Å²) in [5, 5.41) is 6.54. The standard InChI is InChI=1S/C19H28F3N5O.HI/c1-23-18(25-16-6-7-26(13-16)14-19(20,21)22)24-12-15-4-2-3-5-17(15)27-8-10-28-11-9-27;/h2-5,16H,6-14H2,1H3,(H2,23,24,25);1H. The van der Waals surface area contributed by atoms with Crippen molar-refractivity contribution in [1.29, 1.82) is 0 Å². The Morgan fingerprint density at radius 3 is 2.62 bits per heavy atom. The second-order valence-electron chi connectivity index (χ2n) is 7.13. The van der Waals surface area contributed by atoms with Crippen molar-refractivity contribution < 1.29 is 17.9 Å². The van der Waals surface area contributed by atoms with Gasteiger partial charge < -0.3 is 20.3 Å². The summed E-state index contributed by atoms with van der Waals surface area (Å²) in [6.45, 7) is 3.71. The lowest BCUT2D eigenvalue weighted by atomic mass is 10.1. The number of anilines is 1. The zero-order chi connectivity index (χ0) is 20.0. The van der Waals surface area contributed by atoms with Crippen LogP contribution >= 0.6 is 24.0 Å². The molecule has 10 heteroatoms. The van der Waals surface area contributed by atoms with Crippen molar-refractivity contribution in [1.82, 2.24) is 15.5 Å². The summed E-state index contributed by atoms with van der Waals surface area (Å²) in [7, 11) is 1.67. The summed E-state index contributed by atoms with van der Waals surface area (Å²) >= 11 is 0. The lowest BCUT2D eigenvalue weighted by molar-refractivity contribution is -0.143. The Morgan fingerprint density at radius 1 is 1.21 bits per heavy atom. The molecule has 3 rings (SSSR count). The molecule has 0 spiro atoms. The largest absolute Gasteiger partial charge is 0.401 e. The van der Waals surface area contributed by atoms with Gasteiger partial charge in [-0.15, -0.1) is 24.0 Å². The Labute approximate surface area is 186 Å². The molecule has 1 aromatic rings. The highest BCUT2D eigenvalue weighted by Crippen LogP contribution is 2.22. The molecule has 6 nitrogen and oxygen atoms in total. The minimum absolute atomic E-state index is 0. The first-order valence-electron chi connectivity index (χ1n) is 9.61. The molecule has 0 aromatic heterocycles. The highest BCUT2D eigenvalue weighted by Gasteiger charge is 2.34. The Hall–Kier alpha value is -1.27. The van der Waals surface area contributed by atoms with Gasteiger partial charge in [-0.1, -0.05) is 18.2 Å². The van der Waals surface area contributed by atoms with Gasteiger partial charge in [-0.3, -0.25) is 9.89 Å². The first-order chi connectivity index (χ1) is 13.4. The van der Waals surface area contributed by atoms with Gasteiger partial charge in [-0.25, -0.2) is 0 Å². The molecule has 0 saturated carbocycles. The predicted octanol–water partition coefficient (Wildman–Crippen LogP) is 2.44. The van der Waals surface area contributed by atoms with Crippen molar-refractivity contribution >= 4 is 35.6 Å². The summed E-state index contributed by atoms with van der Waals surface area (Å²) in [6.07, 6.45) is -3.49. The van der Waals surface area contributed by atoms with Crippen molar-refractivity contribution in [3.63, 3.8) is 0 Å². The van der Waals surface area contributed by atoms with E-state index in [1.54, 1.807) is 7.05 Å². The number of likely N-dealkylation sites (tertiary alicyclic amines) is 1. The van der Waals surface area contributed by atoms with Crippen LogP contribution in [0.15, 0.2) is 29.3 Å². The minimum atomic E-state index is -4.15. The number of aliphatic imine (C=N–C) groups is 1. The van der Waals surface area contributed by atoms with E-state index in [0.29, 0.717) is 32.0 Å². The van der Waals surface area contributed by atoms with Crippen LogP contribution < -0.4 is 15.5 Å². The van der Waals surface area contributed by atoms with Gasteiger partial charge in [0.05, 0.1) is 19.8 Å². The monoisotopic (exact) mass is 527 g/mol. The average Bonchev–Trinajstić information content (AvgIpc) is 3.11. The van der Waals surface area contributed by atoms with Crippen LogP contribution in [-0.4, -0.2) is 76.1 Å². The number of alkyl halides is 3. The predicted molar refractivity (Wildman–Crippen MR) is 119 cm³/mol. The molecule has 29 heavy (non-hydrogen) atoms. The van der Waals surface area contributed by atoms with E-state index in [1.165, 1.54) is 10.6 Å². The van der Waals surface area contributed by atoms with Crippen LogP contribution in [0, 0.1) is 0 Å². The van der Waals surface area contributed by atoms with Crippen LogP contribution in [0.4, 0.5) is 18.9 Å². The second kappa shape index (κ2) is 11.2. The topological polar surface area (TPSA) is 52.1 Å². The summed E-state index contributed by atoms with van der Waals surface area (Å²) in [5.74, 6) is 0.607. The van der Waals surface area contributed by atoms with Gasteiger partial charge in [0, 0.05) is 51.5 Å². The molecule has 164 valence electrons. The molecular weight excluding hydrogens is 498 g/mol. The first-order valence-corrected chi connectivity index (χ1v) is 9.61. The molecule has 2 aliphatic heterocycles. The fourth-order valence-electron chi connectivity index (χ4n) is 3.69. The van der Waals surface area contributed by atoms with Gasteiger partial charge in [-0.2, -0.15) is 13.2 Å². The maximum atomic E-state index is 12.6. The maximum absolute atomic E-state index is 12.6. The molecule has 0 radical (unpaired) electrons. The second-order valence-corrected chi connectivity index (χ2v) is 7.13. The minimum Gasteiger partial charge on any atom is -0.378 e. The number of ether oxygens (including phenoxy) is 1. The third-order valence-electron chi connectivity index (χ3n) is 5.03. The number of nitrogens with one attached hydrogen (secondary N) is 2. The zero-order valence-corrected chi connectivity index (χ0v) is 18.9. The fraction of sp³-hybridized carbons (Fsp3) is 0.632. The number of guanidine groups is 1. The van der Waals surface area contributed by atoms with Gasteiger partial charge in [0.1, 0.15) is 0 Å². The molecule has 0 aliphatic carbocycles. The van der Waals surface area contributed by atoms with Gasteiger partial charge in [0.15, 0.2) is 5.96 Å². The molecule has 2 aliphatic rings. The summed E-state index contributed by atoms with van der Waals surface area (Å²) in [6, 6.07) is 8.16. The highest BCUT2D eigenvalue weighted by molar-refractivity contribution is 14.0. The van der Waals surface area contributed by atoms with Crippen LogP contribution in [0.25, 0.3) is 0 Å². The average molecular weight is 527 g/mol. The van der Waals surface area contributed by atoms with E-state index < -0.39 is 12.7 Å². The summed E-state index contributed by atoms with van der Waals surface area (Å²) < 4.78 is 43.1. The van der Waals surface area contributed by atoms with E-state index in [4.69, 9.17) is 4.74 Å². The quantitative estimate of drug-likeness (QED) is 0.350. The van der Waals surface area contributed by atoms with Crippen LogP contribution in [0.2, 0.25) is 0 Å². The van der Waals surface area contributed by atoms with Gasteiger partial charge in [0.2, 0.25) is 0 Å². The first kappa shape index (κ1) is 24.0. The van der Waals surface area contributed by atoms with Crippen molar-refractivity contribution in [2.45, 2.75) is 25.2 Å². The summed E-state index contributed by atoms with van der Waals surface area (Å²) in [5.41, 5.74) is 2.32. The lowest BCUT2D eigenvalue weighted by Gasteiger charge is -2.30. The normalized spacial score (nSPS) is 21.0. The maximum Gasteiger partial charge on any atom is 0.401 e. The number of rotatable bonds is 5. The van der Waals surface area contributed by atoms with Crippen molar-refractivity contribution in [2.75, 3.05) is 57.9 Å². The smallest absolute Gasteiger partial charge is 0.378 e. The lowest BCUT2D eigenvalue weighted by Crippen LogP contribution is -2.45. The van der Waals surface area contributed by atoms with E-state index in [0.717, 1.165) is 31.9 Å². The third-order valence-corrected chi connectivity index (χ3v) is 5.03. The van der Waals surface area contributed by atoms with Crippen molar-refractivity contribution in [2.24, 2.45) is 4.99 Å². The SMILES string of the molecule is CN=C(NCc1ccccc1N1CCOCC1)NC1CCN(CC(F)(F)F)C1.I. The Kier molecular flexibility index (Phi) is 9.28. The van der Waals surface area contributed by atoms with Gasteiger partial charge >= 0.3 is 6.18 Å². The number of para-hydroxylation sites is 1. The van der Waals surface area contributed by atoms with E-state index in [2.05, 4.69) is 32.7 Å². The van der Waals surface area contributed by atoms with Crippen LogP contribution in [0.5, 0.6) is 0 Å². The van der Waals surface area contributed by atoms with E-state index >= 15 is 0 Å². The van der Waals surface area contributed by atoms with E-state index in [1.807, 2.05) is 12.1 Å². The van der Waals surface area contributed by atoms with Gasteiger partial charge in [0.25, 0.3) is 0 Å². The molecule has 1 unspecified atom stereocenters. The van der Waals surface area contributed by atoms with Crippen LogP contribution in [-0.2, 0) is 11.3 Å². The molecule has 0 bridgehead atoms. The molecule has 1 aromatic carbocycles. The van der Waals surface area contributed by atoms with Gasteiger partial charge in [-0.05, 0) is 18.1 Å². The van der Waals surface area contributed by atoms with Crippen LogP contribution in [0.1, 0.15) is 12.0 Å². The Bertz CT molecular complexity index is 667. The molecule has 2 heterocycles. The highest BCUT2D eigenvalue weighted by atomic mass is 127. The third kappa shape index (κ3) is 7.49. The molecule has 1 atom stereocenters. The number of halogens is 4. The van der Waals surface area contributed by atoms with E-state index in [-0.39, 0.29) is 30.0 Å². The molecular formula is C19H29F3IN5O. The molecule has 2 saturated heterocycles. The van der Waals surface area contributed by atoms with E-state index in [9.17, 15) is 13.2 Å². The number of benzene rings is 1. The van der Waals surface area contributed by atoms with Crippen molar-refractivity contribution in [3.05, 3.63) is 29.8 Å². The number of morpholine rings is 1. The molecule has 2 fully saturated rings. The molecule has 0 amide bonds. The number of nitrogens with zero attached hydrogens (tertiary/aromatic N) is 3. The Morgan fingerprint density at radius 2 is 1.93 bits per heavy atom. The summed E-state index contributed by atoms with van der Waals surface area (Å²) in [4.78, 5) is 7.97.